The average Bonchev–Trinajstić information content (AvgIpc) is 3.53. The van der Waals surface area contributed by atoms with Crippen molar-refractivity contribution in [1.82, 2.24) is 37.2 Å². The minimum Gasteiger partial charge on any atom is -0.391 e. The molecule has 0 aromatic heterocycles. The van der Waals surface area contributed by atoms with E-state index in [4.69, 9.17) is 22.9 Å². The first-order chi connectivity index (χ1) is 24.8. The standard InChI is InChI=1S/C31H54N12O10/c1-5-14(2)23(42-28(51)19(8-10-20(32)45)41-26(49)15(3)38-27(50)18-9-11-21(46)40-18)30(53)43-24(16(4)44)29(52)37-13-22(47)39-17(25(33)48)7-6-12-36-31(34)35/h14-19,23-24,44H,5-13H2,1-4H3,(H2,32,45)(H2,33,48)(H,37,52)(H,38,50)(H,39,47)(H,40,46)(H,41,49)(H,42,51)(H,43,53)(H4,34,35,36)/t14-,15-,16+,17-,18-,19-,23-,24-/m0/s1. The number of hydrogen-bond acceptors (Lipinski definition) is 11. The van der Waals surface area contributed by atoms with Crippen LogP contribution in [0.5, 0.6) is 0 Å². The zero-order valence-electron chi connectivity index (χ0n) is 30.4. The van der Waals surface area contributed by atoms with Crippen molar-refractivity contribution in [1.29, 1.82) is 0 Å². The smallest absolute Gasteiger partial charge is 0.245 e. The average molecular weight is 755 g/mol. The molecule has 0 bridgehead atoms. The van der Waals surface area contributed by atoms with Gasteiger partial charge in [0.25, 0.3) is 0 Å². The normalized spacial score (nSPS) is 17.5. The van der Waals surface area contributed by atoms with Gasteiger partial charge in [-0.1, -0.05) is 20.3 Å². The number of primary amides is 2. The fourth-order valence-corrected chi connectivity index (χ4v) is 4.96. The number of aliphatic hydroxyl groups excluding tert-OH is 1. The molecule has 1 aliphatic heterocycles. The zero-order valence-corrected chi connectivity index (χ0v) is 30.4. The highest BCUT2D eigenvalue weighted by Gasteiger charge is 2.35. The van der Waals surface area contributed by atoms with Crippen LogP contribution < -0.4 is 60.2 Å². The number of amides is 9. The number of rotatable bonds is 23. The number of hydrogen-bond donors (Lipinski definition) is 12. The molecule has 1 rings (SSSR count). The van der Waals surface area contributed by atoms with Crippen molar-refractivity contribution >= 4 is 59.1 Å². The number of nitrogens with two attached hydrogens (primary N) is 4. The van der Waals surface area contributed by atoms with Gasteiger partial charge in [-0.25, -0.2) is 0 Å². The van der Waals surface area contributed by atoms with Crippen LogP contribution in [0.3, 0.4) is 0 Å². The third-order valence-electron chi connectivity index (χ3n) is 8.28. The summed E-state index contributed by atoms with van der Waals surface area (Å²) >= 11 is 0. The van der Waals surface area contributed by atoms with Gasteiger partial charge in [-0.3, -0.25) is 48.1 Å². The lowest BCUT2D eigenvalue weighted by Crippen LogP contribution is -2.61. The predicted octanol–water partition coefficient (Wildman–Crippen LogP) is -5.94. The number of carbonyl (C=O) groups is 9. The van der Waals surface area contributed by atoms with E-state index in [1.807, 2.05) is 0 Å². The van der Waals surface area contributed by atoms with Crippen LogP contribution in [0.4, 0.5) is 0 Å². The molecule has 1 fully saturated rings. The van der Waals surface area contributed by atoms with Crippen LogP contribution in [-0.4, -0.2) is 120 Å². The molecule has 0 spiro atoms. The number of aliphatic hydroxyl groups is 1. The summed E-state index contributed by atoms with van der Waals surface area (Å²) in [6.45, 7) is 5.42. The van der Waals surface area contributed by atoms with Crippen LogP contribution in [0, 0.1) is 5.92 Å². The Kier molecular flexibility index (Phi) is 19.2. The lowest BCUT2D eigenvalue weighted by molar-refractivity contribution is -0.137. The molecule has 22 heteroatoms. The molecular formula is C31H54N12O10. The van der Waals surface area contributed by atoms with Gasteiger partial charge in [0.2, 0.25) is 53.2 Å². The first-order valence-electron chi connectivity index (χ1n) is 17.2. The Balaban J connectivity index is 2.98. The number of nitrogens with one attached hydrogen (secondary N) is 7. The molecule has 22 nitrogen and oxygen atoms in total. The molecule has 0 aromatic carbocycles. The monoisotopic (exact) mass is 754 g/mol. The Labute approximate surface area is 306 Å². The molecule has 1 heterocycles. The largest absolute Gasteiger partial charge is 0.391 e. The Morgan fingerprint density at radius 1 is 0.830 bits per heavy atom. The van der Waals surface area contributed by atoms with Crippen molar-refractivity contribution in [2.45, 2.75) is 115 Å². The van der Waals surface area contributed by atoms with Crippen LogP contribution in [0.25, 0.3) is 0 Å². The maximum atomic E-state index is 13.5. The molecule has 0 radical (unpaired) electrons. The van der Waals surface area contributed by atoms with Gasteiger partial charge < -0.3 is 65.3 Å². The maximum Gasteiger partial charge on any atom is 0.245 e. The Morgan fingerprint density at radius 3 is 2.00 bits per heavy atom. The number of guanidine groups is 1. The molecule has 0 aliphatic carbocycles. The van der Waals surface area contributed by atoms with Crippen molar-refractivity contribution in [2.24, 2.45) is 33.8 Å². The van der Waals surface area contributed by atoms with E-state index in [0.29, 0.717) is 12.8 Å². The van der Waals surface area contributed by atoms with Crippen molar-refractivity contribution in [3.63, 3.8) is 0 Å². The number of aliphatic imine (C=N–C) groups is 1. The first-order valence-corrected chi connectivity index (χ1v) is 17.2. The summed E-state index contributed by atoms with van der Waals surface area (Å²) in [6, 6.07) is -7.41. The van der Waals surface area contributed by atoms with Gasteiger partial charge in [0.05, 0.1) is 12.6 Å². The molecular weight excluding hydrogens is 700 g/mol. The summed E-state index contributed by atoms with van der Waals surface area (Å²) in [5, 5.41) is 27.3. The summed E-state index contributed by atoms with van der Waals surface area (Å²) in [4.78, 5) is 116. The summed E-state index contributed by atoms with van der Waals surface area (Å²) < 4.78 is 0. The van der Waals surface area contributed by atoms with E-state index in [1.54, 1.807) is 13.8 Å². The van der Waals surface area contributed by atoms with Gasteiger partial charge in [-0.2, -0.15) is 0 Å². The SMILES string of the molecule is CC[C@H](C)[C@H](NC(=O)[C@H](CCC(N)=O)NC(=O)[C@H](C)NC(=O)[C@@H]1CCC(=O)N1)C(=O)N[C@H](C(=O)NCC(=O)N[C@@H](CCCN=C(N)N)C(N)=O)[C@@H](C)O. The predicted molar refractivity (Wildman–Crippen MR) is 188 cm³/mol. The molecule has 0 unspecified atom stereocenters. The molecule has 0 saturated carbocycles. The van der Waals surface area contributed by atoms with Crippen LogP contribution in [0.1, 0.15) is 72.6 Å². The Morgan fingerprint density at radius 2 is 1.47 bits per heavy atom. The van der Waals surface area contributed by atoms with Gasteiger partial charge in [-0.15, -0.1) is 0 Å². The second-order valence-corrected chi connectivity index (χ2v) is 12.7. The van der Waals surface area contributed by atoms with Crippen molar-refractivity contribution in [2.75, 3.05) is 13.1 Å². The quantitative estimate of drug-likeness (QED) is 0.0264. The highest BCUT2D eigenvalue weighted by Crippen LogP contribution is 2.11. The van der Waals surface area contributed by atoms with Crippen LogP contribution in [-0.2, 0) is 43.2 Å². The minimum absolute atomic E-state index is 0.102. The van der Waals surface area contributed by atoms with Crippen LogP contribution in [0.2, 0.25) is 0 Å². The van der Waals surface area contributed by atoms with Gasteiger partial charge in [0, 0.05) is 19.4 Å². The maximum absolute atomic E-state index is 13.5. The van der Waals surface area contributed by atoms with Gasteiger partial charge in [-0.05, 0) is 45.4 Å². The van der Waals surface area contributed by atoms with Gasteiger partial charge in [0.15, 0.2) is 5.96 Å². The Bertz CT molecular complexity index is 1390. The molecule has 8 atom stereocenters. The highest BCUT2D eigenvalue weighted by atomic mass is 16.3. The van der Waals surface area contributed by atoms with Crippen molar-refractivity contribution in [3.05, 3.63) is 0 Å². The third kappa shape index (κ3) is 16.6. The molecule has 16 N–H and O–H groups in total. The molecule has 0 aromatic rings. The van der Waals surface area contributed by atoms with E-state index in [9.17, 15) is 48.3 Å². The molecule has 53 heavy (non-hydrogen) atoms. The second-order valence-electron chi connectivity index (χ2n) is 12.7. The van der Waals surface area contributed by atoms with E-state index in [-0.39, 0.29) is 50.5 Å². The summed E-state index contributed by atoms with van der Waals surface area (Å²) in [5.41, 5.74) is 21.1. The van der Waals surface area contributed by atoms with E-state index < -0.39 is 102 Å². The van der Waals surface area contributed by atoms with Gasteiger partial charge in [0.1, 0.15) is 36.3 Å². The Hall–Kier alpha value is -5.54. The van der Waals surface area contributed by atoms with Crippen molar-refractivity contribution < 1.29 is 48.3 Å². The van der Waals surface area contributed by atoms with Crippen molar-refractivity contribution in [3.8, 4) is 0 Å². The molecule has 1 aliphatic rings. The number of nitrogens with zero attached hydrogens (tertiary/aromatic N) is 1. The fourth-order valence-electron chi connectivity index (χ4n) is 4.96. The van der Waals surface area contributed by atoms with Gasteiger partial charge >= 0.3 is 0 Å². The minimum atomic E-state index is -1.61. The topological polar surface area (TPSA) is 375 Å². The first kappa shape index (κ1) is 45.5. The molecule has 1 saturated heterocycles. The van der Waals surface area contributed by atoms with E-state index in [0.717, 1.165) is 0 Å². The highest BCUT2D eigenvalue weighted by molar-refractivity contribution is 5.97. The zero-order chi connectivity index (χ0) is 40.4. The lowest BCUT2D eigenvalue weighted by atomic mass is 9.96. The lowest BCUT2D eigenvalue weighted by Gasteiger charge is -2.29. The van der Waals surface area contributed by atoms with E-state index >= 15 is 0 Å². The molecule has 298 valence electrons. The van der Waals surface area contributed by atoms with E-state index in [1.165, 1.54) is 13.8 Å². The van der Waals surface area contributed by atoms with Crippen LogP contribution >= 0.6 is 0 Å². The fraction of sp³-hybridized carbons (Fsp3) is 0.677. The second kappa shape index (κ2) is 22.4. The summed E-state index contributed by atoms with van der Waals surface area (Å²) in [7, 11) is 0. The van der Waals surface area contributed by atoms with Crippen LogP contribution in [0.15, 0.2) is 4.99 Å². The third-order valence-corrected chi connectivity index (χ3v) is 8.28. The summed E-state index contributed by atoms with van der Waals surface area (Å²) in [6.07, 6.45) is -0.933. The molecule has 9 amide bonds. The van der Waals surface area contributed by atoms with E-state index in [2.05, 4.69) is 42.2 Å². The summed E-state index contributed by atoms with van der Waals surface area (Å²) in [5.74, 6) is -7.60. The number of carbonyl (C=O) groups excluding carboxylic acids is 9.